The first-order valence-corrected chi connectivity index (χ1v) is 13.9. The number of thioether (sulfide) groups is 1. The Bertz CT molecular complexity index is 1530. The third-order valence-electron chi connectivity index (χ3n) is 6.56. The van der Waals surface area contributed by atoms with Gasteiger partial charge in [0.1, 0.15) is 24.0 Å². The van der Waals surface area contributed by atoms with Crippen LogP contribution in [0.2, 0.25) is 0 Å². The van der Waals surface area contributed by atoms with Gasteiger partial charge in [0, 0.05) is 29.9 Å². The molecule has 0 aliphatic carbocycles. The summed E-state index contributed by atoms with van der Waals surface area (Å²) in [6.45, 7) is 6.06. The highest BCUT2D eigenvalue weighted by Crippen LogP contribution is 2.48. The molecule has 7 nitrogen and oxygen atoms in total. The molecule has 0 unspecified atom stereocenters. The lowest BCUT2D eigenvalue weighted by Crippen LogP contribution is -2.42. The van der Waals surface area contributed by atoms with Crippen molar-refractivity contribution in [3.63, 3.8) is 0 Å². The summed E-state index contributed by atoms with van der Waals surface area (Å²) < 4.78 is 29.9. The average molecular weight is 562 g/mol. The van der Waals surface area contributed by atoms with Gasteiger partial charge in [-0.2, -0.15) is 5.10 Å². The second-order valence-corrected chi connectivity index (χ2v) is 11.7. The second kappa shape index (κ2) is 11.2. The van der Waals surface area contributed by atoms with Gasteiger partial charge in [-0.15, -0.1) is 11.8 Å². The van der Waals surface area contributed by atoms with Gasteiger partial charge >= 0.3 is 0 Å². The molecule has 1 aliphatic heterocycles. The second-order valence-electron chi connectivity index (χ2n) is 10.6. The number of hydrogen-bond acceptors (Lipinski definition) is 5. The molecule has 1 N–H and O–H groups in total. The number of carbonyl (C=O) groups is 2. The molecule has 5 rings (SSSR count). The Balaban J connectivity index is 1.65. The number of amides is 2. The standard InChI is InChI=1S/C30H29F2N5O2S/c1-30(2,3)28-26-27(20-5-4-6-22(32)15-20)40-18-25(39)36(17-24(38)34-16-19-11-13-33-14-12-19)29(26)37(35-28)23-9-7-21(31)8-10-23/h4-15,27H,16-18H2,1-3H3,(H,34,38)/t27-/m0/s1. The van der Waals surface area contributed by atoms with Crippen LogP contribution in [-0.2, 0) is 21.5 Å². The van der Waals surface area contributed by atoms with E-state index in [-0.39, 0.29) is 36.5 Å². The van der Waals surface area contributed by atoms with Crippen molar-refractivity contribution < 1.29 is 18.4 Å². The number of nitrogens with one attached hydrogen (secondary N) is 1. The van der Waals surface area contributed by atoms with Gasteiger partial charge in [-0.1, -0.05) is 32.9 Å². The quantitative estimate of drug-likeness (QED) is 0.344. The van der Waals surface area contributed by atoms with E-state index >= 15 is 0 Å². The minimum Gasteiger partial charge on any atom is -0.350 e. The van der Waals surface area contributed by atoms with Crippen molar-refractivity contribution >= 4 is 29.4 Å². The van der Waals surface area contributed by atoms with Crippen molar-refractivity contribution in [2.24, 2.45) is 0 Å². The van der Waals surface area contributed by atoms with Gasteiger partial charge in [0.25, 0.3) is 0 Å². The molecule has 2 aromatic carbocycles. The van der Waals surface area contributed by atoms with Crippen LogP contribution in [0, 0.1) is 11.6 Å². The molecule has 4 aromatic rings. The van der Waals surface area contributed by atoms with Crippen LogP contribution in [0.5, 0.6) is 0 Å². The maximum absolute atomic E-state index is 14.4. The lowest BCUT2D eigenvalue weighted by atomic mass is 9.87. The highest BCUT2D eigenvalue weighted by molar-refractivity contribution is 8.00. The largest absolute Gasteiger partial charge is 0.350 e. The summed E-state index contributed by atoms with van der Waals surface area (Å²) in [4.78, 5) is 32.3. The number of benzene rings is 2. The van der Waals surface area contributed by atoms with Crippen LogP contribution in [0.25, 0.3) is 5.69 Å². The van der Waals surface area contributed by atoms with Crippen molar-refractivity contribution in [3.05, 3.63) is 107 Å². The number of rotatable bonds is 6. The molecule has 10 heteroatoms. The van der Waals surface area contributed by atoms with E-state index in [1.54, 1.807) is 47.4 Å². The first kappa shape index (κ1) is 27.5. The number of hydrogen-bond donors (Lipinski definition) is 1. The molecule has 0 fully saturated rings. The molecule has 1 atom stereocenters. The number of pyridine rings is 1. The summed E-state index contributed by atoms with van der Waals surface area (Å²) >= 11 is 1.37. The topological polar surface area (TPSA) is 80.1 Å². The highest BCUT2D eigenvalue weighted by atomic mass is 32.2. The van der Waals surface area contributed by atoms with Gasteiger partial charge in [0.15, 0.2) is 0 Å². The van der Waals surface area contributed by atoms with Crippen LogP contribution >= 0.6 is 11.8 Å². The Kier molecular flexibility index (Phi) is 7.71. The lowest BCUT2D eigenvalue weighted by Gasteiger charge is -2.24. The van der Waals surface area contributed by atoms with Gasteiger partial charge in [-0.3, -0.25) is 19.5 Å². The van der Waals surface area contributed by atoms with Crippen molar-refractivity contribution in [2.45, 2.75) is 38.0 Å². The Morgan fingerprint density at radius 3 is 2.45 bits per heavy atom. The van der Waals surface area contributed by atoms with E-state index < -0.39 is 16.5 Å². The molecule has 2 aromatic heterocycles. The Morgan fingerprint density at radius 2 is 1.77 bits per heavy atom. The molecular formula is C30H29F2N5O2S. The van der Waals surface area contributed by atoms with Crippen molar-refractivity contribution in [1.82, 2.24) is 20.1 Å². The minimum atomic E-state index is -0.468. The monoisotopic (exact) mass is 561 g/mol. The van der Waals surface area contributed by atoms with E-state index in [1.165, 1.54) is 40.9 Å². The summed E-state index contributed by atoms with van der Waals surface area (Å²) in [5, 5.41) is 7.39. The fraction of sp³-hybridized carbons (Fsp3) is 0.267. The molecule has 1 aliphatic rings. The fourth-order valence-electron chi connectivity index (χ4n) is 4.67. The summed E-state index contributed by atoms with van der Waals surface area (Å²) in [7, 11) is 0. The van der Waals surface area contributed by atoms with Gasteiger partial charge in [0.05, 0.1) is 22.4 Å². The first-order chi connectivity index (χ1) is 19.1. The fourth-order valence-corrected chi connectivity index (χ4v) is 5.86. The third kappa shape index (κ3) is 5.77. The van der Waals surface area contributed by atoms with E-state index in [9.17, 15) is 18.4 Å². The zero-order valence-electron chi connectivity index (χ0n) is 22.4. The van der Waals surface area contributed by atoms with Crippen molar-refractivity contribution in [3.8, 4) is 5.69 Å². The van der Waals surface area contributed by atoms with E-state index in [2.05, 4.69) is 10.3 Å². The van der Waals surface area contributed by atoms with E-state index in [0.717, 1.165) is 11.1 Å². The molecular weight excluding hydrogens is 532 g/mol. The molecule has 0 bridgehead atoms. The minimum absolute atomic E-state index is 0.0699. The lowest BCUT2D eigenvalue weighted by molar-refractivity contribution is -0.123. The summed E-state index contributed by atoms with van der Waals surface area (Å²) in [6.07, 6.45) is 3.29. The normalized spacial score (nSPS) is 15.5. The molecule has 2 amide bonds. The van der Waals surface area contributed by atoms with Crippen LogP contribution in [0.4, 0.5) is 14.6 Å². The number of carbonyl (C=O) groups excluding carboxylic acids is 2. The number of fused-ring (bicyclic) bond motifs is 1. The van der Waals surface area contributed by atoms with Crippen LogP contribution in [-0.4, -0.2) is 38.9 Å². The maximum atomic E-state index is 14.4. The molecule has 0 saturated heterocycles. The van der Waals surface area contributed by atoms with Crippen LogP contribution < -0.4 is 10.2 Å². The SMILES string of the molecule is CC(C)(C)c1nn(-c2ccc(F)cc2)c2c1[C@H](c1cccc(F)c1)SCC(=O)N2CC(=O)NCc1ccncc1. The molecule has 0 radical (unpaired) electrons. The molecule has 40 heavy (non-hydrogen) atoms. The zero-order chi connectivity index (χ0) is 28.4. The summed E-state index contributed by atoms with van der Waals surface area (Å²) in [6, 6.07) is 15.7. The van der Waals surface area contributed by atoms with Gasteiger partial charge in [0.2, 0.25) is 11.8 Å². The van der Waals surface area contributed by atoms with Crippen molar-refractivity contribution in [1.29, 1.82) is 0 Å². The Labute approximate surface area is 235 Å². The Hall–Kier alpha value is -4.05. The van der Waals surface area contributed by atoms with Crippen LogP contribution in [0.1, 0.15) is 48.4 Å². The predicted octanol–water partition coefficient (Wildman–Crippen LogP) is 5.33. The number of halogens is 2. The third-order valence-corrected chi connectivity index (χ3v) is 7.82. The van der Waals surface area contributed by atoms with Crippen LogP contribution in [0.15, 0.2) is 73.1 Å². The smallest absolute Gasteiger partial charge is 0.240 e. The van der Waals surface area contributed by atoms with Crippen LogP contribution in [0.3, 0.4) is 0 Å². The number of anilines is 1. The van der Waals surface area contributed by atoms with Gasteiger partial charge in [-0.25, -0.2) is 13.5 Å². The van der Waals surface area contributed by atoms with Gasteiger partial charge < -0.3 is 5.32 Å². The van der Waals surface area contributed by atoms with E-state index in [4.69, 9.17) is 5.10 Å². The number of aromatic nitrogens is 3. The van der Waals surface area contributed by atoms with E-state index in [0.29, 0.717) is 22.8 Å². The Morgan fingerprint density at radius 1 is 1.05 bits per heavy atom. The molecule has 0 spiro atoms. The van der Waals surface area contributed by atoms with Gasteiger partial charge in [-0.05, 0) is 59.7 Å². The average Bonchev–Trinajstić information content (AvgIpc) is 3.26. The highest BCUT2D eigenvalue weighted by Gasteiger charge is 2.40. The first-order valence-electron chi connectivity index (χ1n) is 12.8. The number of nitrogens with zero attached hydrogens (tertiary/aromatic N) is 4. The summed E-state index contributed by atoms with van der Waals surface area (Å²) in [5.74, 6) is -0.941. The maximum Gasteiger partial charge on any atom is 0.240 e. The zero-order valence-corrected chi connectivity index (χ0v) is 23.2. The summed E-state index contributed by atoms with van der Waals surface area (Å²) in [5.41, 5.74) is 3.05. The molecule has 206 valence electrons. The molecule has 0 saturated carbocycles. The van der Waals surface area contributed by atoms with E-state index in [1.807, 2.05) is 26.8 Å². The molecule has 3 heterocycles. The predicted molar refractivity (Wildman–Crippen MR) is 151 cm³/mol. The van der Waals surface area contributed by atoms with Crippen molar-refractivity contribution in [2.75, 3.05) is 17.2 Å².